The molecule has 0 saturated heterocycles. The average Bonchev–Trinajstić information content (AvgIpc) is 2.94. The van der Waals surface area contributed by atoms with Gasteiger partial charge in [-0.25, -0.2) is 4.79 Å². The van der Waals surface area contributed by atoms with Gasteiger partial charge in [0.25, 0.3) is 5.56 Å². The highest BCUT2D eigenvalue weighted by Gasteiger charge is 2.36. The Hall–Kier alpha value is -2.71. The molecule has 0 fully saturated rings. The van der Waals surface area contributed by atoms with Gasteiger partial charge in [0.05, 0.1) is 16.9 Å². The Bertz CT molecular complexity index is 958. The maximum Gasteiger partial charge on any atom is 0.416 e. The van der Waals surface area contributed by atoms with E-state index in [0.717, 1.165) is 16.7 Å². The van der Waals surface area contributed by atoms with Crippen LogP contribution in [0.25, 0.3) is 0 Å². The quantitative estimate of drug-likeness (QED) is 0.802. The lowest BCUT2D eigenvalue weighted by atomic mass is 10.1. The summed E-state index contributed by atoms with van der Waals surface area (Å²) in [5.74, 6) is 0.408. The molecule has 4 rings (SSSR count). The summed E-state index contributed by atoms with van der Waals surface area (Å²) < 4.78 is 41.1. The van der Waals surface area contributed by atoms with Crippen molar-refractivity contribution >= 4 is 22.9 Å². The summed E-state index contributed by atoms with van der Waals surface area (Å²) in [6.07, 6.45) is -4.47. The van der Waals surface area contributed by atoms with Crippen LogP contribution >= 0.6 is 0 Å². The molecule has 0 saturated carbocycles. The van der Waals surface area contributed by atoms with Gasteiger partial charge >= 0.3 is 11.9 Å². The molecular weight excluding hydrogens is 313 g/mol. The van der Waals surface area contributed by atoms with Gasteiger partial charge in [-0.3, -0.25) is 13.9 Å². The summed E-state index contributed by atoms with van der Waals surface area (Å²) in [5.41, 5.74) is -0.946. The summed E-state index contributed by atoms with van der Waals surface area (Å²) >= 11 is 0. The zero-order valence-electron chi connectivity index (χ0n) is 11.9. The second kappa shape index (κ2) is 4.18. The Morgan fingerprint density at radius 3 is 2.61 bits per heavy atom. The molecule has 0 atom stereocenters. The minimum atomic E-state index is -4.47. The fraction of sp³-hybridized carbons (Fsp3) is 0.286. The van der Waals surface area contributed by atoms with Crippen LogP contribution in [0.15, 0.2) is 27.8 Å². The van der Waals surface area contributed by atoms with Gasteiger partial charge < -0.3 is 10.2 Å². The molecule has 6 nitrogen and oxygen atoms in total. The Labute approximate surface area is 127 Å². The molecule has 2 aliphatic heterocycles. The normalized spacial score (nSPS) is 15.2. The first-order valence-corrected chi connectivity index (χ1v) is 6.88. The number of fused-ring (bicyclic) bond motifs is 2. The summed E-state index contributed by atoms with van der Waals surface area (Å²) in [6.45, 7) is 0.795. The van der Waals surface area contributed by atoms with Crippen LogP contribution in [-0.4, -0.2) is 15.7 Å². The van der Waals surface area contributed by atoms with Gasteiger partial charge in [-0.05, 0) is 18.2 Å². The van der Waals surface area contributed by atoms with Crippen molar-refractivity contribution in [2.45, 2.75) is 12.7 Å². The average molecular weight is 324 g/mol. The van der Waals surface area contributed by atoms with E-state index in [9.17, 15) is 22.8 Å². The maximum atomic E-state index is 12.9. The molecule has 2 aliphatic rings. The van der Waals surface area contributed by atoms with Gasteiger partial charge in [0.15, 0.2) is 0 Å². The molecule has 9 heteroatoms. The molecule has 120 valence electrons. The van der Waals surface area contributed by atoms with Gasteiger partial charge in [-0.15, -0.1) is 0 Å². The van der Waals surface area contributed by atoms with Crippen molar-refractivity contribution in [2.75, 3.05) is 16.8 Å². The standard InChI is InChI=1S/C14H11F3N4O2/c1-19-12(22)10-11-20(4-5-21(11)13(19)23)9-3-2-7(14(15,16)17)6-8(9)18-10/h2-3,6,18H,4-5H2,1H3. The van der Waals surface area contributed by atoms with Crippen LogP contribution in [0.1, 0.15) is 5.56 Å². The maximum absolute atomic E-state index is 12.9. The van der Waals surface area contributed by atoms with E-state index in [4.69, 9.17) is 0 Å². The molecule has 0 aliphatic carbocycles. The van der Waals surface area contributed by atoms with E-state index in [1.54, 1.807) is 4.90 Å². The van der Waals surface area contributed by atoms with Crippen LogP contribution in [0.4, 0.5) is 36.1 Å². The van der Waals surface area contributed by atoms with E-state index in [-0.39, 0.29) is 11.4 Å². The largest absolute Gasteiger partial charge is 0.416 e. The second-order valence-electron chi connectivity index (χ2n) is 5.50. The topological polar surface area (TPSA) is 59.3 Å². The number of nitrogens with zero attached hydrogens (tertiary/aromatic N) is 3. The number of aromatic nitrogens is 2. The minimum Gasteiger partial charge on any atom is -0.346 e. The lowest BCUT2D eigenvalue weighted by molar-refractivity contribution is -0.137. The van der Waals surface area contributed by atoms with E-state index in [0.29, 0.717) is 24.6 Å². The van der Waals surface area contributed by atoms with E-state index < -0.39 is 23.0 Å². The number of hydrogen-bond donors (Lipinski definition) is 1. The third kappa shape index (κ3) is 1.76. The van der Waals surface area contributed by atoms with Crippen LogP contribution in [0, 0.1) is 0 Å². The molecular formula is C14H11F3N4O2. The second-order valence-corrected chi connectivity index (χ2v) is 5.50. The molecule has 0 bridgehead atoms. The molecule has 3 heterocycles. The van der Waals surface area contributed by atoms with Gasteiger partial charge in [0, 0.05) is 20.1 Å². The molecule has 2 aromatic rings. The molecule has 1 aromatic heterocycles. The van der Waals surface area contributed by atoms with Crippen LogP contribution in [0.3, 0.4) is 0 Å². The van der Waals surface area contributed by atoms with Crippen molar-refractivity contribution in [3.8, 4) is 0 Å². The number of rotatable bonds is 0. The van der Waals surface area contributed by atoms with Crippen molar-refractivity contribution in [2.24, 2.45) is 7.05 Å². The minimum absolute atomic E-state index is 0.122. The Kier molecular flexibility index (Phi) is 2.53. The van der Waals surface area contributed by atoms with Gasteiger partial charge in [0.1, 0.15) is 11.5 Å². The van der Waals surface area contributed by atoms with Crippen LogP contribution in [-0.2, 0) is 19.8 Å². The molecule has 1 N–H and O–H groups in total. The number of nitrogens with one attached hydrogen (secondary N) is 1. The number of anilines is 4. The van der Waals surface area contributed by atoms with Crippen molar-refractivity contribution in [1.82, 2.24) is 9.13 Å². The van der Waals surface area contributed by atoms with E-state index in [2.05, 4.69) is 5.32 Å². The predicted octanol–water partition coefficient (Wildman–Crippen LogP) is 1.77. The zero-order valence-corrected chi connectivity index (χ0v) is 11.9. The van der Waals surface area contributed by atoms with E-state index >= 15 is 0 Å². The summed E-state index contributed by atoms with van der Waals surface area (Å²) in [6, 6.07) is 3.32. The third-order valence-corrected chi connectivity index (χ3v) is 4.19. The monoisotopic (exact) mass is 324 g/mol. The van der Waals surface area contributed by atoms with Crippen LogP contribution in [0.5, 0.6) is 0 Å². The van der Waals surface area contributed by atoms with Crippen LogP contribution in [0.2, 0.25) is 0 Å². The highest BCUT2D eigenvalue weighted by molar-refractivity contribution is 5.90. The Balaban J connectivity index is 1.97. The number of alkyl halides is 3. The molecule has 0 radical (unpaired) electrons. The van der Waals surface area contributed by atoms with Crippen molar-refractivity contribution < 1.29 is 13.2 Å². The first-order valence-electron chi connectivity index (χ1n) is 6.88. The summed E-state index contributed by atoms with van der Waals surface area (Å²) in [4.78, 5) is 26.1. The fourth-order valence-electron chi connectivity index (χ4n) is 3.07. The Morgan fingerprint density at radius 2 is 1.91 bits per heavy atom. The smallest absolute Gasteiger partial charge is 0.346 e. The first kappa shape index (κ1) is 13.9. The van der Waals surface area contributed by atoms with Crippen molar-refractivity contribution in [1.29, 1.82) is 0 Å². The molecule has 0 spiro atoms. The summed E-state index contributed by atoms with van der Waals surface area (Å²) in [7, 11) is 1.35. The van der Waals surface area contributed by atoms with Crippen LogP contribution < -0.4 is 21.5 Å². The number of halogens is 3. The van der Waals surface area contributed by atoms with Gasteiger partial charge in [0.2, 0.25) is 0 Å². The highest BCUT2D eigenvalue weighted by atomic mass is 19.4. The van der Waals surface area contributed by atoms with E-state index in [1.807, 2.05) is 0 Å². The fourth-order valence-corrected chi connectivity index (χ4v) is 3.07. The lowest BCUT2D eigenvalue weighted by Crippen LogP contribution is -2.39. The Morgan fingerprint density at radius 1 is 1.17 bits per heavy atom. The third-order valence-electron chi connectivity index (χ3n) is 4.19. The molecule has 1 aromatic carbocycles. The molecule has 0 unspecified atom stereocenters. The number of benzene rings is 1. The lowest BCUT2D eigenvalue weighted by Gasteiger charge is -2.29. The predicted molar refractivity (Wildman–Crippen MR) is 77.7 cm³/mol. The molecule has 0 amide bonds. The van der Waals surface area contributed by atoms with Crippen molar-refractivity contribution in [3.05, 3.63) is 44.6 Å². The molecule has 23 heavy (non-hydrogen) atoms. The van der Waals surface area contributed by atoms with Gasteiger partial charge in [-0.2, -0.15) is 13.2 Å². The van der Waals surface area contributed by atoms with Gasteiger partial charge in [-0.1, -0.05) is 0 Å². The van der Waals surface area contributed by atoms with Crippen molar-refractivity contribution in [3.63, 3.8) is 0 Å². The summed E-state index contributed by atoms with van der Waals surface area (Å²) in [5, 5.41) is 2.77. The SMILES string of the molecule is Cn1c(=O)c2c3n(c1=O)CCN3c1ccc(C(F)(F)F)cc1N2. The first-order chi connectivity index (χ1) is 10.8. The zero-order chi connectivity index (χ0) is 16.5. The highest BCUT2D eigenvalue weighted by Crippen LogP contribution is 2.45. The number of hydrogen-bond acceptors (Lipinski definition) is 4. The van der Waals surface area contributed by atoms with E-state index in [1.165, 1.54) is 17.7 Å².